The van der Waals surface area contributed by atoms with Gasteiger partial charge in [-0.2, -0.15) is 22.0 Å². The molecule has 4 rings (SSSR count). The van der Waals surface area contributed by atoms with Gasteiger partial charge in [-0.15, -0.1) is 0 Å². The van der Waals surface area contributed by atoms with Crippen molar-refractivity contribution in [3.8, 4) is 23.0 Å². The second-order valence-corrected chi connectivity index (χ2v) is 8.67. The Bertz CT molecular complexity index is 1460. The number of hydrogen-bond acceptors (Lipinski definition) is 5. The van der Waals surface area contributed by atoms with Crippen LogP contribution in [-0.2, 0) is 10.7 Å². The molecular weight excluding hydrogens is 526 g/mol. The van der Waals surface area contributed by atoms with E-state index in [-0.39, 0.29) is 5.69 Å². The van der Waals surface area contributed by atoms with E-state index >= 15 is 0 Å². The molecule has 204 valence electrons. The van der Waals surface area contributed by atoms with E-state index in [1.54, 1.807) is 20.0 Å². The van der Waals surface area contributed by atoms with Crippen molar-refractivity contribution in [2.45, 2.75) is 25.9 Å². The topological polar surface area (TPSA) is 67.4 Å². The Morgan fingerprint density at radius 2 is 1.79 bits per heavy atom. The van der Waals surface area contributed by atoms with Crippen LogP contribution in [0.3, 0.4) is 0 Å². The molecule has 0 bridgehead atoms. The number of anilines is 2. The second-order valence-electron chi connectivity index (χ2n) is 8.67. The van der Waals surface area contributed by atoms with Crippen LogP contribution in [0.1, 0.15) is 34.2 Å². The number of ether oxygens (including phenoxy) is 1. The molecule has 0 aliphatic carbocycles. The molecule has 0 radical (unpaired) electrons. The maximum Gasteiger partial charge on any atom is 0.459 e. The highest BCUT2D eigenvalue weighted by Gasteiger charge is 2.60. The van der Waals surface area contributed by atoms with Crippen molar-refractivity contribution in [1.82, 2.24) is 9.97 Å². The first-order chi connectivity index (χ1) is 18.4. The Morgan fingerprint density at radius 3 is 2.46 bits per heavy atom. The monoisotopic (exact) mass is 548 g/mol. The molecule has 1 aliphatic rings. The molecule has 3 heterocycles. The molecule has 6 nitrogen and oxygen atoms in total. The molecule has 1 amide bonds. The molecule has 1 saturated heterocycles. The van der Waals surface area contributed by atoms with E-state index < -0.39 is 35.1 Å². The van der Waals surface area contributed by atoms with Gasteiger partial charge in [0.05, 0.1) is 24.6 Å². The van der Waals surface area contributed by atoms with Gasteiger partial charge in [0.25, 0.3) is 5.91 Å². The summed E-state index contributed by atoms with van der Waals surface area (Å²) in [5, 5.41) is 2.25. The van der Waals surface area contributed by atoms with Gasteiger partial charge in [-0.05, 0) is 61.2 Å². The van der Waals surface area contributed by atoms with E-state index in [4.69, 9.17) is 4.74 Å². The van der Waals surface area contributed by atoms with Gasteiger partial charge in [-0.25, -0.2) is 9.37 Å². The molecule has 12 heteroatoms. The second kappa shape index (κ2) is 10.9. The largest absolute Gasteiger partial charge is 0.459 e. The maximum absolute atomic E-state index is 14.8. The zero-order valence-corrected chi connectivity index (χ0v) is 20.8. The van der Waals surface area contributed by atoms with Gasteiger partial charge >= 0.3 is 12.1 Å². The summed E-state index contributed by atoms with van der Waals surface area (Å²) in [4.78, 5) is 22.3. The molecule has 3 aromatic rings. The van der Waals surface area contributed by atoms with E-state index in [0.29, 0.717) is 61.0 Å². The highest BCUT2D eigenvalue weighted by Crippen LogP contribution is 2.43. The van der Waals surface area contributed by atoms with Gasteiger partial charge in [0, 0.05) is 36.6 Å². The smallest absolute Gasteiger partial charge is 0.378 e. The van der Waals surface area contributed by atoms with E-state index in [9.17, 15) is 31.1 Å². The number of aromatic nitrogens is 2. The summed E-state index contributed by atoms with van der Waals surface area (Å²) in [7, 11) is 0. The van der Waals surface area contributed by atoms with Crippen molar-refractivity contribution in [1.29, 1.82) is 0 Å². The van der Waals surface area contributed by atoms with Crippen LogP contribution in [-0.4, -0.2) is 48.4 Å². The molecule has 39 heavy (non-hydrogen) atoms. The highest BCUT2D eigenvalue weighted by molar-refractivity contribution is 6.04. The molecule has 0 spiro atoms. The normalized spacial score (nSPS) is 14.0. The summed E-state index contributed by atoms with van der Waals surface area (Å²) in [5.74, 6) is -1.39. The number of halogens is 6. The van der Waals surface area contributed by atoms with E-state index in [0.717, 1.165) is 11.8 Å². The number of aryl methyl sites for hydroxylation is 1. The zero-order valence-electron chi connectivity index (χ0n) is 20.8. The Labute approximate surface area is 220 Å². The number of benzene rings is 1. The highest BCUT2D eigenvalue weighted by atomic mass is 19.4. The lowest BCUT2D eigenvalue weighted by molar-refractivity contribution is -0.290. The van der Waals surface area contributed by atoms with E-state index in [1.165, 1.54) is 12.1 Å². The lowest BCUT2D eigenvalue weighted by Crippen LogP contribution is -2.36. The molecule has 1 aliphatic heterocycles. The minimum absolute atomic E-state index is 0.299. The third kappa shape index (κ3) is 5.83. The number of pyridine rings is 2. The number of morpholine rings is 1. The van der Waals surface area contributed by atoms with Crippen LogP contribution in [0.15, 0.2) is 42.7 Å². The number of carbonyl (C=O) groups is 1. The first kappa shape index (κ1) is 27.9. The van der Waals surface area contributed by atoms with Crippen LogP contribution in [0.5, 0.6) is 0 Å². The molecule has 0 saturated carbocycles. The fourth-order valence-corrected chi connectivity index (χ4v) is 4.02. The number of amides is 1. The number of nitrogens with zero attached hydrogens (tertiary/aromatic N) is 3. The fourth-order valence-electron chi connectivity index (χ4n) is 4.02. The number of hydrogen-bond donors (Lipinski definition) is 1. The fraction of sp³-hybridized carbons (Fsp3) is 0.296. The first-order valence-electron chi connectivity index (χ1n) is 11.7. The Hall–Kier alpha value is -4.11. The molecule has 1 N–H and O–H groups in total. The SMILES string of the molecule is CC#Cc1ncc(-c2cc(NC(=O)c3ccnc(C(F)(F)C(F)(F)F)c3)c(F)cc2C)cc1N1CCOCC1. The Morgan fingerprint density at radius 1 is 1.08 bits per heavy atom. The predicted octanol–water partition coefficient (Wildman–Crippen LogP) is 5.71. The molecule has 0 unspecified atom stereocenters. The van der Waals surface area contributed by atoms with Gasteiger partial charge in [0.1, 0.15) is 17.2 Å². The number of carbonyl (C=O) groups excluding carboxylic acids is 1. The minimum atomic E-state index is -5.90. The quantitative estimate of drug-likeness (QED) is 0.327. The van der Waals surface area contributed by atoms with Gasteiger partial charge in [-0.3, -0.25) is 9.78 Å². The van der Waals surface area contributed by atoms with Gasteiger partial charge in [-0.1, -0.05) is 5.92 Å². The van der Waals surface area contributed by atoms with E-state index in [1.807, 2.05) is 6.07 Å². The third-order valence-corrected chi connectivity index (χ3v) is 6.04. The minimum Gasteiger partial charge on any atom is -0.378 e. The summed E-state index contributed by atoms with van der Waals surface area (Å²) in [5.41, 5.74) is 0.451. The van der Waals surface area contributed by atoms with Crippen molar-refractivity contribution in [2.75, 3.05) is 36.5 Å². The van der Waals surface area contributed by atoms with Crippen LogP contribution in [0, 0.1) is 24.6 Å². The van der Waals surface area contributed by atoms with Crippen molar-refractivity contribution in [2.24, 2.45) is 0 Å². The molecule has 2 aromatic heterocycles. The lowest BCUT2D eigenvalue weighted by atomic mass is 9.99. The number of nitrogens with one attached hydrogen (secondary N) is 1. The summed E-state index contributed by atoms with van der Waals surface area (Å²) < 4.78 is 85.9. The molecule has 0 atom stereocenters. The summed E-state index contributed by atoms with van der Waals surface area (Å²) in [6, 6.07) is 5.64. The summed E-state index contributed by atoms with van der Waals surface area (Å²) in [6.45, 7) is 5.64. The summed E-state index contributed by atoms with van der Waals surface area (Å²) in [6.07, 6.45) is -3.69. The third-order valence-electron chi connectivity index (χ3n) is 6.04. The van der Waals surface area contributed by atoms with Gasteiger partial charge in [0.15, 0.2) is 0 Å². The Kier molecular flexibility index (Phi) is 7.83. The zero-order chi connectivity index (χ0) is 28.4. The van der Waals surface area contributed by atoms with Crippen molar-refractivity contribution >= 4 is 17.3 Å². The van der Waals surface area contributed by atoms with Crippen LogP contribution < -0.4 is 10.2 Å². The average molecular weight is 548 g/mol. The molecule has 1 aromatic carbocycles. The number of rotatable bonds is 5. The van der Waals surface area contributed by atoms with E-state index in [2.05, 4.69) is 32.0 Å². The van der Waals surface area contributed by atoms with Gasteiger partial charge < -0.3 is 15.0 Å². The summed E-state index contributed by atoms with van der Waals surface area (Å²) >= 11 is 0. The van der Waals surface area contributed by atoms with Crippen molar-refractivity contribution in [3.05, 3.63) is 71.1 Å². The van der Waals surface area contributed by atoms with Crippen LogP contribution >= 0.6 is 0 Å². The van der Waals surface area contributed by atoms with Gasteiger partial charge in [0.2, 0.25) is 0 Å². The standard InChI is InChI=1S/C27H22F6N4O2/c1-3-4-21-23(37-7-9-39-10-8-37)12-18(15-35-21)19-14-22(20(28)11-16(19)2)36-25(38)17-5-6-34-24(13-17)26(29,30)27(31,32)33/h5-6,11-15H,7-10H2,1-2H3,(H,36,38). The lowest BCUT2D eigenvalue weighted by Gasteiger charge is -2.29. The molecular formula is C27H22F6N4O2. The van der Waals surface area contributed by atoms with Crippen LogP contribution in [0.2, 0.25) is 0 Å². The average Bonchev–Trinajstić information content (AvgIpc) is 2.90. The van der Waals surface area contributed by atoms with Crippen molar-refractivity contribution < 1.29 is 35.9 Å². The molecule has 1 fully saturated rings. The number of alkyl halides is 5. The van der Waals surface area contributed by atoms with Crippen molar-refractivity contribution in [3.63, 3.8) is 0 Å². The Balaban J connectivity index is 1.68. The van der Waals surface area contributed by atoms with Crippen LogP contribution in [0.4, 0.5) is 37.7 Å². The van der Waals surface area contributed by atoms with Crippen LogP contribution in [0.25, 0.3) is 11.1 Å². The predicted molar refractivity (Wildman–Crippen MR) is 132 cm³/mol. The first-order valence-corrected chi connectivity index (χ1v) is 11.7. The maximum atomic E-state index is 14.8.